The van der Waals surface area contributed by atoms with E-state index in [1.807, 2.05) is 0 Å². The maximum atomic E-state index is 11.3. The van der Waals surface area contributed by atoms with Crippen molar-refractivity contribution in [2.75, 3.05) is 0 Å². The van der Waals surface area contributed by atoms with Crippen LogP contribution in [0.2, 0.25) is 0 Å². The molecule has 0 aliphatic heterocycles. The van der Waals surface area contributed by atoms with Crippen LogP contribution in [0, 0.1) is 0 Å². The molecule has 0 aliphatic carbocycles. The van der Waals surface area contributed by atoms with Crippen LogP contribution in [-0.4, -0.2) is 30.2 Å². The summed E-state index contributed by atoms with van der Waals surface area (Å²) in [5, 5.41) is 6.16. The smallest absolute Gasteiger partial charge is 0.449 e. The standard InChI is InChI=1S/C9H8O7S/c10-8(16-9(11)12)7(17(13,14)15)6-4-2-1-3-5-6/h1-5,7H,(H,11,12)(H,13,14,15). The van der Waals surface area contributed by atoms with Crippen LogP contribution < -0.4 is 0 Å². The van der Waals surface area contributed by atoms with Crippen molar-refractivity contribution >= 4 is 22.2 Å². The summed E-state index contributed by atoms with van der Waals surface area (Å²) < 4.78 is 34.7. The Bertz CT molecular complexity index is 520. The predicted molar refractivity (Wildman–Crippen MR) is 54.8 cm³/mol. The third-order valence-electron chi connectivity index (χ3n) is 1.80. The summed E-state index contributed by atoms with van der Waals surface area (Å²) in [5.41, 5.74) is -0.0822. The summed E-state index contributed by atoms with van der Waals surface area (Å²) >= 11 is 0. The van der Waals surface area contributed by atoms with E-state index in [4.69, 9.17) is 9.66 Å². The van der Waals surface area contributed by atoms with Crippen LogP contribution in [0.4, 0.5) is 4.79 Å². The van der Waals surface area contributed by atoms with Gasteiger partial charge < -0.3 is 9.84 Å². The second kappa shape index (κ2) is 4.93. The fourth-order valence-corrected chi connectivity index (χ4v) is 1.99. The molecule has 0 bridgehead atoms. The second-order valence-corrected chi connectivity index (χ2v) is 4.49. The molecule has 0 heterocycles. The molecule has 0 radical (unpaired) electrons. The molecule has 1 aromatic carbocycles. The maximum Gasteiger partial charge on any atom is 0.513 e. The van der Waals surface area contributed by atoms with Gasteiger partial charge in [0.1, 0.15) is 0 Å². The molecule has 0 aliphatic rings. The van der Waals surface area contributed by atoms with Crippen molar-refractivity contribution in [3.63, 3.8) is 0 Å². The van der Waals surface area contributed by atoms with Crippen molar-refractivity contribution < 1.29 is 32.4 Å². The van der Waals surface area contributed by atoms with Crippen molar-refractivity contribution in [3.05, 3.63) is 35.9 Å². The lowest BCUT2D eigenvalue weighted by Crippen LogP contribution is -2.25. The van der Waals surface area contributed by atoms with E-state index in [-0.39, 0.29) is 5.56 Å². The van der Waals surface area contributed by atoms with Gasteiger partial charge in [0, 0.05) is 0 Å². The minimum atomic E-state index is -4.80. The van der Waals surface area contributed by atoms with E-state index in [1.165, 1.54) is 24.3 Å². The number of ether oxygens (including phenoxy) is 1. The first-order valence-electron chi connectivity index (χ1n) is 4.28. The van der Waals surface area contributed by atoms with Crippen molar-refractivity contribution in [2.24, 2.45) is 0 Å². The molecule has 0 saturated carbocycles. The Hall–Kier alpha value is -1.93. The average molecular weight is 260 g/mol. The number of carbonyl (C=O) groups is 2. The highest BCUT2D eigenvalue weighted by Crippen LogP contribution is 2.22. The molecule has 7 nitrogen and oxygen atoms in total. The lowest BCUT2D eigenvalue weighted by atomic mass is 10.1. The molecule has 1 aromatic rings. The van der Waals surface area contributed by atoms with E-state index in [9.17, 15) is 18.0 Å². The van der Waals surface area contributed by atoms with Crippen molar-refractivity contribution in [1.82, 2.24) is 0 Å². The van der Waals surface area contributed by atoms with E-state index in [0.29, 0.717) is 0 Å². The number of rotatable bonds is 3. The molecule has 2 N–H and O–H groups in total. The fourth-order valence-electron chi connectivity index (χ4n) is 1.20. The van der Waals surface area contributed by atoms with E-state index in [1.54, 1.807) is 6.07 Å². The SMILES string of the molecule is O=C(O)OC(=O)C(c1ccccc1)S(=O)(=O)O. The second-order valence-electron chi connectivity index (χ2n) is 2.99. The number of carboxylic acid groups (broad SMARTS) is 1. The monoisotopic (exact) mass is 260 g/mol. The van der Waals surface area contributed by atoms with Crippen LogP contribution in [0.15, 0.2) is 30.3 Å². The lowest BCUT2D eigenvalue weighted by molar-refractivity contribution is -0.138. The third-order valence-corrected chi connectivity index (χ3v) is 2.86. The van der Waals surface area contributed by atoms with Crippen LogP contribution in [0.25, 0.3) is 0 Å². The quantitative estimate of drug-likeness (QED) is 0.469. The molecule has 0 spiro atoms. The molecule has 92 valence electrons. The third kappa shape index (κ3) is 3.54. The molecule has 17 heavy (non-hydrogen) atoms. The minimum absolute atomic E-state index is 0.0822. The van der Waals surface area contributed by atoms with Gasteiger partial charge in [0.2, 0.25) is 5.25 Å². The fraction of sp³-hybridized carbons (Fsp3) is 0.111. The Morgan fingerprint density at radius 3 is 2.12 bits per heavy atom. The van der Waals surface area contributed by atoms with Crippen LogP contribution in [0.1, 0.15) is 10.8 Å². The maximum absolute atomic E-state index is 11.3. The highest BCUT2D eigenvalue weighted by Gasteiger charge is 2.35. The summed E-state index contributed by atoms with van der Waals surface area (Å²) in [6.45, 7) is 0. The first-order valence-corrected chi connectivity index (χ1v) is 5.78. The summed E-state index contributed by atoms with van der Waals surface area (Å²) in [5.74, 6) is -1.58. The van der Waals surface area contributed by atoms with E-state index in [0.717, 1.165) is 0 Å². The molecular formula is C9H8O7S. The Labute approximate surface area is 96.4 Å². The predicted octanol–water partition coefficient (Wildman–Crippen LogP) is 0.837. The number of benzene rings is 1. The average Bonchev–Trinajstić information content (AvgIpc) is 2.15. The molecule has 8 heteroatoms. The van der Waals surface area contributed by atoms with Gasteiger partial charge >= 0.3 is 12.1 Å². The molecule has 0 amide bonds. The molecule has 0 aromatic heterocycles. The number of hydrogen-bond donors (Lipinski definition) is 2. The van der Waals surface area contributed by atoms with Crippen molar-refractivity contribution in [3.8, 4) is 0 Å². The largest absolute Gasteiger partial charge is 0.513 e. The first kappa shape index (κ1) is 13.1. The topological polar surface area (TPSA) is 118 Å². The molecular weight excluding hydrogens is 252 g/mol. The van der Waals surface area contributed by atoms with Crippen LogP contribution in [0.5, 0.6) is 0 Å². The summed E-state index contributed by atoms with van der Waals surface area (Å²) in [6.07, 6.45) is -1.94. The zero-order valence-corrected chi connectivity index (χ0v) is 9.12. The minimum Gasteiger partial charge on any atom is -0.449 e. The zero-order chi connectivity index (χ0) is 13.1. The molecule has 0 saturated heterocycles. The van der Waals surface area contributed by atoms with E-state index in [2.05, 4.69) is 4.74 Å². The normalized spacial score (nSPS) is 12.8. The molecule has 1 atom stereocenters. The zero-order valence-electron chi connectivity index (χ0n) is 8.31. The molecule has 1 rings (SSSR count). The Morgan fingerprint density at radius 2 is 1.71 bits per heavy atom. The van der Waals surface area contributed by atoms with Gasteiger partial charge in [0.05, 0.1) is 0 Å². The first-order chi connectivity index (χ1) is 7.82. The number of hydrogen-bond acceptors (Lipinski definition) is 5. The Balaban J connectivity index is 3.15. The van der Waals surface area contributed by atoms with Gasteiger partial charge in [-0.3, -0.25) is 4.55 Å². The van der Waals surface area contributed by atoms with Crippen molar-refractivity contribution in [1.29, 1.82) is 0 Å². The van der Waals surface area contributed by atoms with Gasteiger partial charge in [0.15, 0.2) is 0 Å². The molecule has 1 unspecified atom stereocenters. The van der Waals surface area contributed by atoms with Gasteiger partial charge in [-0.15, -0.1) is 0 Å². The Morgan fingerprint density at radius 1 is 1.18 bits per heavy atom. The van der Waals surface area contributed by atoms with E-state index < -0.39 is 27.5 Å². The van der Waals surface area contributed by atoms with Crippen LogP contribution >= 0.6 is 0 Å². The van der Waals surface area contributed by atoms with E-state index >= 15 is 0 Å². The van der Waals surface area contributed by atoms with Crippen LogP contribution in [0.3, 0.4) is 0 Å². The van der Waals surface area contributed by atoms with Gasteiger partial charge in [-0.1, -0.05) is 30.3 Å². The van der Waals surface area contributed by atoms with Crippen molar-refractivity contribution in [2.45, 2.75) is 5.25 Å². The van der Waals surface area contributed by atoms with Gasteiger partial charge in [-0.2, -0.15) is 8.42 Å². The Kier molecular flexibility index (Phi) is 3.81. The highest BCUT2D eigenvalue weighted by molar-refractivity contribution is 7.86. The number of esters is 1. The lowest BCUT2D eigenvalue weighted by Gasteiger charge is -2.11. The number of carbonyl (C=O) groups excluding carboxylic acids is 1. The highest BCUT2D eigenvalue weighted by atomic mass is 32.2. The molecule has 0 fully saturated rings. The summed E-state index contributed by atoms with van der Waals surface area (Å²) in [7, 11) is -4.80. The van der Waals surface area contributed by atoms with Gasteiger partial charge in [-0.05, 0) is 5.56 Å². The van der Waals surface area contributed by atoms with Crippen LogP contribution in [-0.2, 0) is 19.6 Å². The summed E-state index contributed by atoms with van der Waals surface area (Å²) in [4.78, 5) is 21.4. The van der Waals surface area contributed by atoms with Gasteiger partial charge in [-0.25, -0.2) is 9.59 Å². The summed E-state index contributed by atoms with van der Waals surface area (Å²) in [6, 6.07) is 6.93. The van der Waals surface area contributed by atoms with Gasteiger partial charge in [0.25, 0.3) is 10.1 Å².